The van der Waals surface area contributed by atoms with Crippen molar-refractivity contribution >= 4 is 11.8 Å². The van der Waals surface area contributed by atoms with Crippen LogP contribution in [0.15, 0.2) is 66.9 Å². The number of fused-ring (bicyclic) bond motifs is 1. The van der Waals surface area contributed by atoms with Gasteiger partial charge in [0.1, 0.15) is 18.1 Å². The molecule has 176 valence electrons. The van der Waals surface area contributed by atoms with Gasteiger partial charge in [-0.1, -0.05) is 24.3 Å². The summed E-state index contributed by atoms with van der Waals surface area (Å²) in [5.41, 5.74) is 5.27. The van der Waals surface area contributed by atoms with Gasteiger partial charge in [0.25, 0.3) is 11.8 Å². The van der Waals surface area contributed by atoms with Crippen LogP contribution in [0.3, 0.4) is 0 Å². The standard InChI is InChI=1S/C26H28N4O4/c1-34-22-9-7-19(8-10-22)20-4-2-5-21(16-20)24(31)28-14-11-26(33,12-15-28)17-29-18-27-30-13-3-6-23(30)25(29)32/h2-10,13,16,27,33H,11-12,14-15,17-18H2,1H3. The van der Waals surface area contributed by atoms with E-state index in [1.54, 1.807) is 33.8 Å². The lowest BCUT2D eigenvalue weighted by Crippen LogP contribution is -2.56. The molecule has 0 spiro atoms. The maximum Gasteiger partial charge on any atom is 0.273 e. The van der Waals surface area contributed by atoms with Gasteiger partial charge in [-0.25, -0.2) is 0 Å². The average Bonchev–Trinajstić information content (AvgIpc) is 3.36. The fourth-order valence-corrected chi connectivity index (χ4v) is 4.65. The monoisotopic (exact) mass is 460 g/mol. The van der Waals surface area contributed by atoms with Crippen LogP contribution in [0.1, 0.15) is 33.7 Å². The van der Waals surface area contributed by atoms with Crippen LogP contribution in [0.5, 0.6) is 5.75 Å². The van der Waals surface area contributed by atoms with Gasteiger partial charge >= 0.3 is 0 Å². The molecule has 8 heteroatoms. The molecule has 34 heavy (non-hydrogen) atoms. The molecule has 0 aliphatic carbocycles. The third-order valence-electron chi connectivity index (χ3n) is 6.69. The van der Waals surface area contributed by atoms with E-state index in [0.29, 0.717) is 43.9 Å². The van der Waals surface area contributed by atoms with Crippen molar-refractivity contribution in [2.24, 2.45) is 0 Å². The van der Waals surface area contributed by atoms with Gasteiger partial charge in [0, 0.05) is 24.8 Å². The molecule has 8 nitrogen and oxygen atoms in total. The smallest absolute Gasteiger partial charge is 0.273 e. The fraction of sp³-hybridized carbons (Fsp3) is 0.308. The Kier molecular flexibility index (Phi) is 5.75. The van der Waals surface area contributed by atoms with E-state index in [9.17, 15) is 14.7 Å². The highest BCUT2D eigenvalue weighted by Crippen LogP contribution is 2.27. The first-order chi connectivity index (χ1) is 16.5. The van der Waals surface area contributed by atoms with E-state index in [4.69, 9.17) is 4.74 Å². The van der Waals surface area contributed by atoms with Crippen molar-refractivity contribution in [2.75, 3.05) is 38.8 Å². The number of likely N-dealkylation sites (tertiary alicyclic amines) is 1. The van der Waals surface area contributed by atoms with Gasteiger partial charge in [-0.15, -0.1) is 0 Å². The molecular weight excluding hydrogens is 432 g/mol. The molecule has 2 aliphatic heterocycles. The lowest BCUT2D eigenvalue weighted by atomic mass is 9.90. The molecule has 0 unspecified atom stereocenters. The van der Waals surface area contributed by atoms with Gasteiger partial charge in [-0.3, -0.25) is 14.3 Å². The number of methoxy groups -OCH3 is 1. The number of benzene rings is 2. The Bertz CT molecular complexity index is 1200. The second-order valence-corrected chi connectivity index (χ2v) is 8.91. The second kappa shape index (κ2) is 8.87. The summed E-state index contributed by atoms with van der Waals surface area (Å²) in [4.78, 5) is 29.3. The molecule has 3 aromatic rings. The molecule has 3 heterocycles. The minimum absolute atomic E-state index is 0.0500. The fourth-order valence-electron chi connectivity index (χ4n) is 4.65. The molecule has 2 N–H and O–H groups in total. The van der Waals surface area contributed by atoms with E-state index in [2.05, 4.69) is 5.43 Å². The van der Waals surface area contributed by atoms with Crippen LogP contribution in [0.2, 0.25) is 0 Å². The van der Waals surface area contributed by atoms with Gasteiger partial charge in [0.15, 0.2) is 0 Å². The Labute approximate surface area is 198 Å². The molecule has 2 aromatic carbocycles. The van der Waals surface area contributed by atoms with E-state index >= 15 is 0 Å². The second-order valence-electron chi connectivity index (χ2n) is 8.91. The third-order valence-corrected chi connectivity index (χ3v) is 6.69. The number of hydrogen-bond donors (Lipinski definition) is 2. The number of nitrogens with zero attached hydrogens (tertiary/aromatic N) is 3. The number of hydrogen-bond acceptors (Lipinski definition) is 5. The van der Waals surface area contributed by atoms with Gasteiger partial charge in [0.2, 0.25) is 0 Å². The molecule has 1 saturated heterocycles. The molecule has 0 saturated carbocycles. The molecule has 2 aliphatic rings. The minimum Gasteiger partial charge on any atom is -0.497 e. The molecular formula is C26H28N4O4. The minimum atomic E-state index is -1.02. The van der Waals surface area contributed by atoms with E-state index in [1.165, 1.54) is 0 Å². The number of aliphatic hydroxyl groups is 1. The number of carbonyl (C=O) groups excluding carboxylic acids is 2. The highest BCUT2D eigenvalue weighted by molar-refractivity contribution is 5.95. The lowest BCUT2D eigenvalue weighted by molar-refractivity contribution is -0.0369. The maximum atomic E-state index is 13.2. The summed E-state index contributed by atoms with van der Waals surface area (Å²) in [6.07, 6.45) is 2.64. The summed E-state index contributed by atoms with van der Waals surface area (Å²) >= 11 is 0. The van der Waals surface area contributed by atoms with Crippen LogP contribution in [-0.4, -0.2) is 70.4 Å². The van der Waals surface area contributed by atoms with Crippen LogP contribution in [0.4, 0.5) is 0 Å². The molecule has 0 radical (unpaired) electrons. The summed E-state index contributed by atoms with van der Waals surface area (Å²) in [6, 6.07) is 18.9. The van der Waals surface area contributed by atoms with E-state index in [1.807, 2.05) is 54.6 Å². The van der Waals surface area contributed by atoms with E-state index < -0.39 is 5.60 Å². The zero-order valence-corrected chi connectivity index (χ0v) is 19.1. The molecule has 1 aromatic heterocycles. The quantitative estimate of drug-likeness (QED) is 0.612. The molecule has 5 rings (SSSR count). The Hall–Kier alpha value is -3.78. The number of nitrogens with one attached hydrogen (secondary N) is 1. The number of ether oxygens (including phenoxy) is 1. The SMILES string of the molecule is COc1ccc(-c2cccc(C(=O)N3CCC(O)(CN4CNn5cccc5C4=O)CC3)c2)cc1. The topological polar surface area (TPSA) is 87.0 Å². The summed E-state index contributed by atoms with van der Waals surface area (Å²) < 4.78 is 6.92. The molecule has 2 amide bonds. The predicted molar refractivity (Wildman–Crippen MR) is 128 cm³/mol. The van der Waals surface area contributed by atoms with Crippen molar-refractivity contribution in [3.63, 3.8) is 0 Å². The van der Waals surface area contributed by atoms with E-state index in [0.717, 1.165) is 16.9 Å². The van der Waals surface area contributed by atoms with Crippen LogP contribution in [0, 0.1) is 0 Å². The van der Waals surface area contributed by atoms with Crippen LogP contribution >= 0.6 is 0 Å². The first kappa shape index (κ1) is 22.0. The van der Waals surface area contributed by atoms with Gasteiger partial charge < -0.3 is 25.1 Å². The number of piperidine rings is 1. The van der Waals surface area contributed by atoms with Crippen LogP contribution in [0.25, 0.3) is 11.1 Å². The first-order valence-corrected chi connectivity index (χ1v) is 11.4. The highest BCUT2D eigenvalue weighted by Gasteiger charge is 2.38. The normalized spacial score (nSPS) is 17.2. The predicted octanol–water partition coefficient (Wildman–Crippen LogP) is 2.79. The van der Waals surface area contributed by atoms with Crippen molar-refractivity contribution in [3.8, 4) is 16.9 Å². The largest absolute Gasteiger partial charge is 0.497 e. The third kappa shape index (κ3) is 4.24. The maximum absolute atomic E-state index is 13.2. The molecule has 1 fully saturated rings. The highest BCUT2D eigenvalue weighted by atomic mass is 16.5. The Morgan fingerprint density at radius 2 is 1.82 bits per heavy atom. The van der Waals surface area contributed by atoms with Crippen molar-refractivity contribution in [3.05, 3.63) is 78.1 Å². The lowest BCUT2D eigenvalue weighted by Gasteiger charge is -2.42. The number of β-amino-alcohol motifs (C(OH)–C–C–N with tert-alkyl or cyclic N) is 1. The number of rotatable bonds is 5. The van der Waals surface area contributed by atoms with Gasteiger partial charge in [-0.2, -0.15) is 0 Å². The number of carbonyl (C=O) groups is 2. The van der Waals surface area contributed by atoms with Gasteiger partial charge in [-0.05, 0) is 60.4 Å². The zero-order valence-electron chi connectivity index (χ0n) is 19.1. The van der Waals surface area contributed by atoms with Crippen molar-refractivity contribution in [2.45, 2.75) is 18.4 Å². The summed E-state index contributed by atoms with van der Waals surface area (Å²) in [5, 5.41) is 11.2. The van der Waals surface area contributed by atoms with Crippen molar-refractivity contribution < 1.29 is 19.4 Å². The average molecular weight is 461 g/mol. The van der Waals surface area contributed by atoms with Crippen molar-refractivity contribution in [1.29, 1.82) is 0 Å². The van der Waals surface area contributed by atoms with Crippen LogP contribution < -0.4 is 10.2 Å². The number of amides is 2. The Morgan fingerprint density at radius 1 is 1.06 bits per heavy atom. The Morgan fingerprint density at radius 3 is 2.56 bits per heavy atom. The summed E-state index contributed by atoms with van der Waals surface area (Å²) in [7, 11) is 1.63. The summed E-state index contributed by atoms with van der Waals surface area (Å²) in [6.45, 7) is 1.45. The van der Waals surface area contributed by atoms with Crippen molar-refractivity contribution in [1.82, 2.24) is 14.5 Å². The van der Waals surface area contributed by atoms with Crippen LogP contribution in [-0.2, 0) is 0 Å². The molecule has 0 bridgehead atoms. The van der Waals surface area contributed by atoms with E-state index in [-0.39, 0.29) is 18.4 Å². The first-order valence-electron chi connectivity index (χ1n) is 11.4. The number of aromatic nitrogens is 1. The molecule has 0 atom stereocenters. The Balaban J connectivity index is 1.22. The zero-order chi connectivity index (χ0) is 23.7. The summed E-state index contributed by atoms with van der Waals surface area (Å²) in [5.74, 6) is 0.629. The van der Waals surface area contributed by atoms with Gasteiger partial charge in [0.05, 0.1) is 19.3 Å².